The van der Waals surface area contributed by atoms with Crippen LogP contribution in [0.15, 0.2) is 58.3 Å². The number of carbonyl (C=O) groups is 1. The van der Waals surface area contributed by atoms with Gasteiger partial charge in [-0.15, -0.1) is 0 Å². The molecule has 0 aliphatic carbocycles. The van der Waals surface area contributed by atoms with Crippen molar-refractivity contribution in [2.45, 2.75) is 6.54 Å². The second kappa shape index (κ2) is 8.32. The monoisotopic (exact) mass is 409 g/mol. The molecule has 1 aromatic heterocycles. The highest BCUT2D eigenvalue weighted by molar-refractivity contribution is 7.07. The van der Waals surface area contributed by atoms with E-state index in [0.717, 1.165) is 10.4 Å². The molecule has 0 radical (unpaired) electrons. The molecule has 3 aromatic rings. The van der Waals surface area contributed by atoms with E-state index in [1.54, 1.807) is 35.9 Å². The van der Waals surface area contributed by atoms with Crippen molar-refractivity contribution in [2.24, 2.45) is 4.99 Å². The quantitative estimate of drug-likeness (QED) is 0.667. The molecule has 0 atom stereocenters. The maximum atomic E-state index is 12.3. The summed E-state index contributed by atoms with van der Waals surface area (Å²) >= 11 is 1.40. The molecule has 2 heterocycles. The minimum Gasteiger partial charge on any atom is -0.495 e. The Morgan fingerprint density at radius 2 is 2.03 bits per heavy atom. The third kappa shape index (κ3) is 4.22. The van der Waals surface area contributed by atoms with E-state index in [1.807, 2.05) is 30.3 Å². The van der Waals surface area contributed by atoms with E-state index in [0.29, 0.717) is 34.8 Å². The van der Waals surface area contributed by atoms with Gasteiger partial charge in [0.1, 0.15) is 11.5 Å². The van der Waals surface area contributed by atoms with Gasteiger partial charge in [0, 0.05) is 6.54 Å². The zero-order valence-corrected chi connectivity index (χ0v) is 16.6. The van der Waals surface area contributed by atoms with Crippen LogP contribution in [0.5, 0.6) is 11.5 Å². The molecule has 1 N–H and O–H groups in total. The van der Waals surface area contributed by atoms with Crippen LogP contribution in [0, 0.1) is 0 Å². The van der Waals surface area contributed by atoms with E-state index in [4.69, 9.17) is 9.47 Å². The minimum absolute atomic E-state index is 0.000382. The van der Waals surface area contributed by atoms with Crippen molar-refractivity contribution in [3.8, 4) is 11.5 Å². The van der Waals surface area contributed by atoms with Crippen LogP contribution in [-0.4, -0.2) is 30.7 Å². The van der Waals surface area contributed by atoms with E-state index >= 15 is 0 Å². The lowest BCUT2D eigenvalue weighted by atomic mass is 10.2. The van der Waals surface area contributed by atoms with E-state index in [1.165, 1.54) is 11.3 Å². The number of hydrogen-bond acceptors (Lipinski definition) is 6. The van der Waals surface area contributed by atoms with Crippen molar-refractivity contribution in [2.75, 3.05) is 25.6 Å². The van der Waals surface area contributed by atoms with Crippen LogP contribution in [0.3, 0.4) is 0 Å². The van der Waals surface area contributed by atoms with Crippen molar-refractivity contribution in [3.05, 3.63) is 73.8 Å². The number of thiazole rings is 1. The molecule has 1 aliphatic rings. The molecule has 0 fully saturated rings. The zero-order chi connectivity index (χ0) is 20.2. The standard InChI is InChI=1S/C21H19N3O4S/c1-27-17-5-3-2-4-16(17)23-19(25)13-28-15-8-6-14(7-9-15)12-18-20(26)24-11-10-22-21(24)29-18/h2-9,12H,10-11,13H2,1H3,(H,23,25)/b18-12+. The Kier molecular flexibility index (Phi) is 5.44. The third-order valence-corrected chi connectivity index (χ3v) is 5.43. The fourth-order valence-electron chi connectivity index (χ4n) is 2.96. The van der Waals surface area contributed by atoms with Crippen LogP contribution >= 0.6 is 11.3 Å². The predicted molar refractivity (Wildman–Crippen MR) is 111 cm³/mol. The van der Waals surface area contributed by atoms with E-state index in [9.17, 15) is 9.59 Å². The lowest BCUT2D eigenvalue weighted by Gasteiger charge is -2.10. The van der Waals surface area contributed by atoms with Crippen molar-refractivity contribution >= 4 is 29.0 Å². The number of benzene rings is 2. The van der Waals surface area contributed by atoms with Gasteiger partial charge in [0.05, 0.1) is 23.9 Å². The number of para-hydroxylation sites is 2. The van der Waals surface area contributed by atoms with Gasteiger partial charge in [0.15, 0.2) is 11.4 Å². The van der Waals surface area contributed by atoms with Crippen molar-refractivity contribution in [3.63, 3.8) is 0 Å². The molecule has 0 saturated heterocycles. The van der Waals surface area contributed by atoms with Gasteiger partial charge in [-0.2, -0.15) is 0 Å². The molecule has 2 aromatic carbocycles. The molecule has 0 spiro atoms. The van der Waals surface area contributed by atoms with Crippen LogP contribution in [0.1, 0.15) is 5.56 Å². The maximum Gasteiger partial charge on any atom is 0.270 e. The highest BCUT2D eigenvalue weighted by atomic mass is 32.1. The average Bonchev–Trinajstić information content (AvgIpc) is 3.31. The molecular formula is C21H19N3O4S. The lowest BCUT2D eigenvalue weighted by molar-refractivity contribution is -0.118. The van der Waals surface area contributed by atoms with Crippen molar-refractivity contribution in [1.82, 2.24) is 4.57 Å². The predicted octanol–water partition coefficient (Wildman–Crippen LogP) is 1.40. The molecule has 7 nitrogen and oxygen atoms in total. The Bertz CT molecular complexity index is 1210. The van der Waals surface area contributed by atoms with Crippen LogP contribution in [0.4, 0.5) is 5.69 Å². The first kappa shape index (κ1) is 18.9. The second-order valence-corrected chi connectivity index (χ2v) is 7.35. The number of anilines is 1. The van der Waals surface area contributed by atoms with Gasteiger partial charge >= 0.3 is 0 Å². The van der Waals surface area contributed by atoms with E-state index in [-0.39, 0.29) is 18.1 Å². The number of methoxy groups -OCH3 is 1. The van der Waals surface area contributed by atoms with Crippen LogP contribution in [0.2, 0.25) is 0 Å². The van der Waals surface area contributed by atoms with Gasteiger partial charge in [-0.05, 0) is 35.9 Å². The molecule has 8 heteroatoms. The normalized spacial score (nSPS) is 12.9. The minimum atomic E-state index is -0.282. The largest absolute Gasteiger partial charge is 0.495 e. The number of ether oxygens (including phenoxy) is 2. The SMILES string of the molecule is COc1ccccc1NC(=O)COc1ccc(/C=c2/sc3n(c2=O)CCN=3)cc1. The fourth-order valence-corrected chi connectivity index (χ4v) is 3.99. The topological polar surface area (TPSA) is 81.9 Å². The van der Waals surface area contributed by atoms with Gasteiger partial charge < -0.3 is 14.8 Å². The average molecular weight is 409 g/mol. The Morgan fingerprint density at radius 1 is 1.24 bits per heavy atom. The number of amides is 1. The fraction of sp³-hybridized carbons (Fsp3) is 0.190. The Hall–Kier alpha value is -3.39. The highest BCUT2D eigenvalue weighted by Gasteiger charge is 2.10. The van der Waals surface area contributed by atoms with Crippen LogP contribution < -0.4 is 29.7 Å². The summed E-state index contributed by atoms with van der Waals surface area (Å²) in [5.41, 5.74) is 1.47. The van der Waals surface area contributed by atoms with Gasteiger partial charge in [0.25, 0.3) is 11.5 Å². The summed E-state index contributed by atoms with van der Waals surface area (Å²) in [5.74, 6) is 0.872. The van der Waals surface area contributed by atoms with E-state index < -0.39 is 0 Å². The molecule has 1 amide bonds. The number of hydrogen-bond donors (Lipinski definition) is 1. The first-order chi connectivity index (χ1) is 14.1. The second-order valence-electron chi connectivity index (χ2n) is 6.34. The number of nitrogens with zero attached hydrogens (tertiary/aromatic N) is 2. The molecule has 0 bridgehead atoms. The number of rotatable bonds is 6. The number of nitrogens with one attached hydrogen (secondary N) is 1. The summed E-state index contributed by atoms with van der Waals surface area (Å²) in [5, 5.41) is 2.76. The number of aromatic nitrogens is 1. The maximum absolute atomic E-state index is 12.3. The molecule has 148 valence electrons. The lowest BCUT2D eigenvalue weighted by Crippen LogP contribution is -2.29. The van der Waals surface area contributed by atoms with Crippen molar-refractivity contribution in [1.29, 1.82) is 0 Å². The first-order valence-electron chi connectivity index (χ1n) is 9.05. The summed E-state index contributed by atoms with van der Waals surface area (Å²) in [6.07, 6.45) is 1.84. The van der Waals surface area contributed by atoms with Gasteiger partial charge in [-0.1, -0.05) is 35.6 Å². The Labute approximate surface area is 170 Å². The first-order valence-corrected chi connectivity index (χ1v) is 9.87. The van der Waals surface area contributed by atoms with Gasteiger partial charge in [0.2, 0.25) is 0 Å². The number of fused-ring (bicyclic) bond motifs is 1. The summed E-state index contributed by atoms with van der Waals surface area (Å²) in [7, 11) is 1.55. The molecule has 4 rings (SSSR count). The smallest absolute Gasteiger partial charge is 0.270 e. The highest BCUT2D eigenvalue weighted by Crippen LogP contribution is 2.22. The molecular weight excluding hydrogens is 390 g/mol. The molecule has 0 unspecified atom stereocenters. The Balaban J connectivity index is 1.39. The Morgan fingerprint density at radius 3 is 2.79 bits per heavy atom. The summed E-state index contributed by atoms with van der Waals surface area (Å²) < 4.78 is 13.1. The molecule has 0 saturated carbocycles. The van der Waals surface area contributed by atoms with Gasteiger partial charge in [-0.25, -0.2) is 0 Å². The molecule has 29 heavy (non-hydrogen) atoms. The summed E-state index contributed by atoms with van der Waals surface area (Å²) in [6, 6.07) is 14.4. The molecule has 1 aliphatic heterocycles. The van der Waals surface area contributed by atoms with Gasteiger partial charge in [-0.3, -0.25) is 19.1 Å². The summed E-state index contributed by atoms with van der Waals surface area (Å²) in [6.45, 7) is 1.21. The van der Waals surface area contributed by atoms with Crippen molar-refractivity contribution < 1.29 is 14.3 Å². The van der Waals surface area contributed by atoms with Crippen LogP contribution in [-0.2, 0) is 11.3 Å². The number of carbonyl (C=O) groups excluding carboxylic acids is 1. The zero-order valence-electron chi connectivity index (χ0n) is 15.8. The summed E-state index contributed by atoms with van der Waals surface area (Å²) in [4.78, 5) is 29.5. The third-order valence-electron chi connectivity index (χ3n) is 4.39. The van der Waals surface area contributed by atoms with E-state index in [2.05, 4.69) is 10.3 Å². The van der Waals surface area contributed by atoms with Crippen LogP contribution in [0.25, 0.3) is 6.08 Å².